The van der Waals surface area contributed by atoms with E-state index in [1.54, 1.807) is 0 Å². The van der Waals surface area contributed by atoms with E-state index in [0.29, 0.717) is 6.61 Å². The van der Waals surface area contributed by atoms with Crippen LogP contribution in [0.5, 0.6) is 0 Å². The fraction of sp³-hybridized carbons (Fsp3) is 0.786. The Morgan fingerprint density at radius 2 is 1.67 bits per heavy atom. The Balaban J connectivity index is 4.22. The fourth-order valence-corrected chi connectivity index (χ4v) is 8.61. The minimum absolute atomic E-state index is 0.288. The summed E-state index contributed by atoms with van der Waals surface area (Å²) < 4.78 is 13.4. The van der Waals surface area contributed by atoms with Crippen LogP contribution in [-0.2, 0) is 12.6 Å². The molecule has 0 aliphatic heterocycles. The van der Waals surface area contributed by atoms with Crippen molar-refractivity contribution in [2.45, 2.75) is 62.3 Å². The maximum absolute atomic E-state index is 11.3. The number of hydrogen-bond donors (Lipinski definition) is 0. The standard InChI is InChI=1S/C6H10O3.2C4H9.Sn/c1-3-9-6(8)4-5(2)7;2*1-3-4-2;/h4,7H,3H2,1-2H3;2*1,3-4H2,2H3;/q;;;+1/p-1. The molecule has 0 saturated carbocycles. The third-order valence-electron chi connectivity index (χ3n) is 2.53. The number of allylic oxidation sites excluding steroid dienone is 1. The summed E-state index contributed by atoms with van der Waals surface area (Å²) in [6, 6.07) is 0. The van der Waals surface area contributed by atoms with Gasteiger partial charge in [0.1, 0.15) is 0 Å². The minimum atomic E-state index is -1.77. The van der Waals surface area contributed by atoms with Crippen molar-refractivity contribution >= 4 is 26.1 Å². The molecule has 0 atom stereocenters. The number of esters is 1. The van der Waals surface area contributed by atoms with Crippen LogP contribution >= 0.6 is 0 Å². The number of ether oxygens (including phenoxy) is 1. The molecule has 0 unspecified atom stereocenters. The fourth-order valence-electron chi connectivity index (χ4n) is 1.58. The third kappa shape index (κ3) is 9.80. The van der Waals surface area contributed by atoms with Crippen LogP contribution < -0.4 is 0 Å². The molecule has 0 aromatic carbocycles. The zero-order valence-electron chi connectivity index (χ0n) is 12.3. The van der Waals surface area contributed by atoms with Gasteiger partial charge in [0.05, 0.1) is 0 Å². The Morgan fingerprint density at radius 1 is 1.11 bits per heavy atom. The van der Waals surface area contributed by atoms with Gasteiger partial charge in [-0.05, 0) is 0 Å². The van der Waals surface area contributed by atoms with Crippen LogP contribution in [0.25, 0.3) is 0 Å². The van der Waals surface area contributed by atoms with Crippen molar-refractivity contribution in [1.29, 1.82) is 0 Å². The summed E-state index contributed by atoms with van der Waals surface area (Å²) in [7, 11) is 0. The van der Waals surface area contributed by atoms with Gasteiger partial charge < -0.3 is 0 Å². The Hall–Kier alpha value is -0.191. The van der Waals surface area contributed by atoms with Crippen molar-refractivity contribution in [3.63, 3.8) is 0 Å². The molecule has 4 heteroatoms. The van der Waals surface area contributed by atoms with Gasteiger partial charge in [0, 0.05) is 0 Å². The first-order valence-electron chi connectivity index (χ1n) is 7.01. The molecule has 0 bridgehead atoms. The number of unbranched alkanes of at least 4 members (excludes halogenated alkanes) is 2. The summed E-state index contributed by atoms with van der Waals surface area (Å²) in [6.07, 6.45) is 6.44. The first-order chi connectivity index (χ1) is 8.63. The maximum atomic E-state index is 11.3. The van der Waals surface area contributed by atoms with Crippen LogP contribution in [0.2, 0.25) is 8.87 Å². The molecule has 105 valence electrons. The van der Waals surface area contributed by atoms with Crippen LogP contribution in [0.3, 0.4) is 0 Å². The average molecular weight is 362 g/mol. The zero-order chi connectivity index (χ0) is 13.8. The average Bonchev–Trinajstić information content (AvgIpc) is 2.32. The van der Waals surface area contributed by atoms with E-state index in [0.717, 1.165) is 5.76 Å². The zero-order valence-corrected chi connectivity index (χ0v) is 15.1. The summed E-state index contributed by atoms with van der Waals surface area (Å²) in [5.74, 6) is 0.457. The van der Waals surface area contributed by atoms with Crippen LogP contribution in [0.15, 0.2) is 11.8 Å². The predicted octanol–water partition coefficient (Wildman–Crippen LogP) is 4.06. The van der Waals surface area contributed by atoms with E-state index in [-0.39, 0.29) is 5.97 Å². The van der Waals surface area contributed by atoms with Gasteiger partial charge in [-0.15, -0.1) is 0 Å². The molecule has 0 amide bonds. The monoisotopic (exact) mass is 363 g/mol. The molecule has 0 spiro atoms. The van der Waals surface area contributed by atoms with E-state index in [9.17, 15) is 4.79 Å². The number of carbonyl (C=O) groups is 1. The van der Waals surface area contributed by atoms with Crippen LogP contribution in [0.4, 0.5) is 0 Å². The molecule has 0 rings (SSSR count). The molecule has 0 aliphatic rings. The van der Waals surface area contributed by atoms with Crippen molar-refractivity contribution < 1.29 is 12.6 Å². The van der Waals surface area contributed by atoms with Crippen molar-refractivity contribution in [2.24, 2.45) is 0 Å². The summed E-state index contributed by atoms with van der Waals surface area (Å²) in [4.78, 5) is 11.3. The summed E-state index contributed by atoms with van der Waals surface area (Å²) in [5, 5.41) is 0. The first kappa shape index (κ1) is 17.8. The van der Waals surface area contributed by atoms with E-state index in [1.807, 2.05) is 13.8 Å². The number of carbonyl (C=O) groups excluding carboxylic acids is 1. The van der Waals surface area contributed by atoms with Gasteiger partial charge >= 0.3 is 119 Å². The molecule has 0 aromatic heterocycles. The number of rotatable bonds is 10. The van der Waals surface area contributed by atoms with Gasteiger partial charge in [0.15, 0.2) is 0 Å². The Bertz CT molecular complexity index is 243. The van der Waals surface area contributed by atoms with E-state index < -0.39 is 20.2 Å². The number of hydrogen-bond acceptors (Lipinski definition) is 3. The first-order valence-corrected chi connectivity index (χ1v) is 12.2. The molecule has 0 saturated heterocycles. The topological polar surface area (TPSA) is 35.5 Å². The molecule has 0 N–H and O–H groups in total. The van der Waals surface area contributed by atoms with Crippen molar-refractivity contribution in [3.8, 4) is 0 Å². The van der Waals surface area contributed by atoms with E-state index in [2.05, 4.69) is 13.8 Å². The van der Waals surface area contributed by atoms with Crippen molar-refractivity contribution in [1.82, 2.24) is 0 Å². The summed E-state index contributed by atoms with van der Waals surface area (Å²) in [6.45, 7) is 8.52. The molecule has 3 nitrogen and oxygen atoms in total. The molecule has 0 heterocycles. The van der Waals surface area contributed by atoms with E-state index >= 15 is 0 Å². The second kappa shape index (κ2) is 11.9. The Kier molecular flexibility index (Phi) is 11.7. The second-order valence-corrected chi connectivity index (χ2v) is 10.9. The Labute approximate surface area is 119 Å². The normalized spacial score (nSPS) is 11.7. The molecule has 0 aromatic rings. The van der Waals surface area contributed by atoms with Gasteiger partial charge in [0.25, 0.3) is 0 Å². The van der Waals surface area contributed by atoms with E-state index in [1.165, 1.54) is 40.6 Å². The molecular formula is C14H27O3Sn. The van der Waals surface area contributed by atoms with E-state index in [4.69, 9.17) is 7.81 Å². The van der Waals surface area contributed by atoms with Gasteiger partial charge in [0.2, 0.25) is 0 Å². The molecule has 0 fully saturated rings. The SMILES string of the molecule is CCC[CH2][Sn]([CH2]CCC)[O]C(C)=CC(=O)OCC. The van der Waals surface area contributed by atoms with Crippen LogP contribution in [-0.4, -0.2) is 32.7 Å². The summed E-state index contributed by atoms with van der Waals surface area (Å²) >= 11 is -1.77. The van der Waals surface area contributed by atoms with Crippen molar-refractivity contribution in [3.05, 3.63) is 11.8 Å². The molecule has 0 aliphatic carbocycles. The van der Waals surface area contributed by atoms with Gasteiger partial charge in [-0.1, -0.05) is 0 Å². The van der Waals surface area contributed by atoms with Gasteiger partial charge in [-0.25, -0.2) is 0 Å². The quantitative estimate of drug-likeness (QED) is 0.255. The predicted molar refractivity (Wildman–Crippen MR) is 76.7 cm³/mol. The summed E-state index contributed by atoms with van der Waals surface area (Å²) in [5.41, 5.74) is 0. The second-order valence-electron chi connectivity index (χ2n) is 4.35. The van der Waals surface area contributed by atoms with Crippen molar-refractivity contribution in [2.75, 3.05) is 6.61 Å². The van der Waals surface area contributed by atoms with Gasteiger partial charge in [-0.2, -0.15) is 0 Å². The van der Waals surface area contributed by atoms with Crippen LogP contribution in [0, 0.1) is 0 Å². The molecule has 1 radical (unpaired) electrons. The van der Waals surface area contributed by atoms with Crippen LogP contribution in [0.1, 0.15) is 53.4 Å². The molecule has 18 heavy (non-hydrogen) atoms. The third-order valence-corrected chi connectivity index (χ3v) is 9.48. The van der Waals surface area contributed by atoms with Gasteiger partial charge in [-0.3, -0.25) is 0 Å². The Morgan fingerprint density at radius 3 is 2.11 bits per heavy atom. The molecular weight excluding hydrogens is 335 g/mol.